The Morgan fingerprint density at radius 3 is 2.78 bits per heavy atom. The maximum absolute atomic E-state index is 6.15. The molecule has 2 rings (SSSR count). The summed E-state index contributed by atoms with van der Waals surface area (Å²) in [6.45, 7) is 1.99. The minimum Gasteiger partial charge on any atom is -0.271 e. The zero-order valence-electron chi connectivity index (χ0n) is 9.91. The topological polar surface area (TPSA) is 38.0 Å². The molecule has 0 fully saturated rings. The van der Waals surface area contributed by atoms with Gasteiger partial charge in [0.1, 0.15) is 0 Å². The van der Waals surface area contributed by atoms with Crippen LogP contribution in [0.3, 0.4) is 0 Å². The molecule has 1 heterocycles. The number of rotatable bonds is 4. The first-order valence-electron chi connectivity index (χ1n) is 5.56. The van der Waals surface area contributed by atoms with Crippen LogP contribution in [0.5, 0.6) is 0 Å². The monoisotopic (exact) mass is 344 g/mol. The number of halogens is 2. The van der Waals surface area contributed by atoms with Gasteiger partial charge in [0.05, 0.1) is 6.04 Å². The van der Waals surface area contributed by atoms with Crippen molar-refractivity contribution < 1.29 is 0 Å². The molecule has 1 unspecified atom stereocenters. The Labute approximate surface area is 124 Å². The lowest BCUT2D eigenvalue weighted by atomic mass is 10.0. The Bertz CT molecular complexity index is 542. The molecule has 0 bridgehead atoms. The minimum atomic E-state index is 0.0676. The highest BCUT2D eigenvalue weighted by Gasteiger charge is 2.14. The molecule has 0 aliphatic rings. The Kier molecular flexibility index (Phi) is 4.81. The van der Waals surface area contributed by atoms with Crippen LogP contribution in [0.1, 0.15) is 22.0 Å². The fourth-order valence-corrected chi connectivity index (χ4v) is 3.51. The fraction of sp³-hybridized carbons (Fsp3) is 0.231. The smallest absolute Gasteiger partial charge is 0.0509 e. The van der Waals surface area contributed by atoms with E-state index in [1.165, 1.54) is 4.88 Å². The highest BCUT2D eigenvalue weighted by molar-refractivity contribution is 9.10. The molecule has 1 aromatic heterocycles. The molecule has 5 heteroatoms. The Balaban J connectivity index is 2.23. The first-order chi connectivity index (χ1) is 8.61. The van der Waals surface area contributed by atoms with Crippen LogP contribution in [0, 0.1) is 6.92 Å². The number of nitrogens with two attached hydrogens (primary N) is 1. The lowest BCUT2D eigenvalue weighted by Crippen LogP contribution is -2.29. The van der Waals surface area contributed by atoms with Gasteiger partial charge in [0.25, 0.3) is 0 Å². The van der Waals surface area contributed by atoms with Gasteiger partial charge in [0.2, 0.25) is 0 Å². The van der Waals surface area contributed by atoms with Crippen molar-refractivity contribution in [2.75, 3.05) is 0 Å². The fourth-order valence-electron chi connectivity index (χ4n) is 1.75. The predicted octanol–water partition coefficient (Wildman–Crippen LogP) is 4.22. The number of aryl methyl sites for hydroxylation is 1. The number of thiophene rings is 1. The van der Waals surface area contributed by atoms with Crippen LogP contribution >= 0.6 is 38.9 Å². The van der Waals surface area contributed by atoms with Gasteiger partial charge in [-0.1, -0.05) is 23.7 Å². The molecule has 0 amide bonds. The lowest BCUT2D eigenvalue weighted by Gasteiger charge is -2.16. The van der Waals surface area contributed by atoms with E-state index in [9.17, 15) is 0 Å². The van der Waals surface area contributed by atoms with E-state index in [-0.39, 0.29) is 6.04 Å². The van der Waals surface area contributed by atoms with Gasteiger partial charge in [-0.3, -0.25) is 11.3 Å². The van der Waals surface area contributed by atoms with E-state index in [1.807, 2.05) is 19.1 Å². The molecular formula is C13H14BrClN2S. The maximum Gasteiger partial charge on any atom is 0.0509 e. The highest BCUT2D eigenvalue weighted by Crippen LogP contribution is 2.29. The first-order valence-corrected chi connectivity index (χ1v) is 7.61. The van der Waals surface area contributed by atoms with Crippen LogP contribution in [0.4, 0.5) is 0 Å². The molecule has 96 valence electrons. The van der Waals surface area contributed by atoms with Crippen LogP contribution in [-0.2, 0) is 6.42 Å². The van der Waals surface area contributed by atoms with Crippen molar-refractivity contribution >= 4 is 38.9 Å². The molecular weight excluding hydrogens is 332 g/mol. The average Bonchev–Trinajstić information content (AvgIpc) is 2.75. The second-order valence-corrected chi connectivity index (χ2v) is 6.39. The summed E-state index contributed by atoms with van der Waals surface area (Å²) in [5.74, 6) is 5.66. The minimum absolute atomic E-state index is 0.0676. The van der Waals surface area contributed by atoms with Crippen molar-refractivity contribution in [2.45, 2.75) is 19.4 Å². The second-order valence-electron chi connectivity index (χ2n) is 4.12. The van der Waals surface area contributed by atoms with Crippen LogP contribution in [0.15, 0.2) is 34.1 Å². The van der Waals surface area contributed by atoms with Gasteiger partial charge in [-0.15, -0.1) is 11.3 Å². The molecule has 2 aromatic rings. The number of hydrogen-bond acceptors (Lipinski definition) is 3. The van der Waals surface area contributed by atoms with Gasteiger partial charge in [-0.25, -0.2) is 0 Å². The van der Waals surface area contributed by atoms with E-state index in [0.29, 0.717) is 0 Å². The molecule has 2 nitrogen and oxygen atoms in total. The molecule has 0 saturated carbocycles. The number of benzene rings is 1. The van der Waals surface area contributed by atoms with Gasteiger partial charge in [-0.05, 0) is 51.5 Å². The average molecular weight is 346 g/mol. The summed E-state index contributed by atoms with van der Waals surface area (Å²) in [6, 6.07) is 8.18. The van der Waals surface area contributed by atoms with E-state index in [1.54, 1.807) is 11.3 Å². The zero-order chi connectivity index (χ0) is 13.1. The van der Waals surface area contributed by atoms with E-state index in [4.69, 9.17) is 17.4 Å². The van der Waals surface area contributed by atoms with E-state index in [2.05, 4.69) is 38.9 Å². The van der Waals surface area contributed by atoms with Crippen molar-refractivity contribution in [3.63, 3.8) is 0 Å². The summed E-state index contributed by atoms with van der Waals surface area (Å²) in [4.78, 5) is 1.27. The van der Waals surface area contributed by atoms with Gasteiger partial charge in [0.15, 0.2) is 0 Å². The summed E-state index contributed by atoms with van der Waals surface area (Å²) in [5, 5.41) is 2.84. The third-order valence-electron chi connectivity index (χ3n) is 2.88. The SMILES string of the molecule is Cc1ccc(C(Cc2sccc2Br)NN)cc1Cl. The van der Waals surface area contributed by atoms with Gasteiger partial charge in [-0.2, -0.15) is 0 Å². The predicted molar refractivity (Wildman–Crippen MR) is 82.0 cm³/mol. The Morgan fingerprint density at radius 2 is 2.22 bits per heavy atom. The summed E-state index contributed by atoms with van der Waals surface area (Å²) < 4.78 is 1.13. The zero-order valence-corrected chi connectivity index (χ0v) is 13.1. The van der Waals surface area contributed by atoms with Crippen LogP contribution in [-0.4, -0.2) is 0 Å². The maximum atomic E-state index is 6.15. The normalized spacial score (nSPS) is 12.7. The van der Waals surface area contributed by atoms with E-state index >= 15 is 0 Å². The lowest BCUT2D eigenvalue weighted by molar-refractivity contribution is 0.555. The summed E-state index contributed by atoms with van der Waals surface area (Å²) in [5.41, 5.74) is 5.04. The standard InChI is InChI=1S/C13H14BrClN2S/c1-8-2-3-9(6-11(8)15)12(17-16)7-13-10(14)4-5-18-13/h2-6,12,17H,7,16H2,1H3. The Morgan fingerprint density at radius 1 is 1.44 bits per heavy atom. The van der Waals surface area contributed by atoms with Gasteiger partial charge >= 0.3 is 0 Å². The molecule has 1 atom stereocenters. The molecule has 1 aromatic carbocycles. The molecule has 0 saturated heterocycles. The van der Waals surface area contributed by atoms with E-state index < -0.39 is 0 Å². The van der Waals surface area contributed by atoms with Gasteiger partial charge in [0, 0.05) is 20.8 Å². The number of hydrazine groups is 1. The molecule has 0 radical (unpaired) electrons. The number of nitrogens with one attached hydrogen (secondary N) is 1. The van der Waals surface area contributed by atoms with Crippen molar-refractivity contribution in [2.24, 2.45) is 5.84 Å². The van der Waals surface area contributed by atoms with Crippen molar-refractivity contribution in [3.05, 3.63) is 55.1 Å². The quantitative estimate of drug-likeness (QED) is 0.643. The Hall–Kier alpha value is -0.390. The highest BCUT2D eigenvalue weighted by atomic mass is 79.9. The summed E-state index contributed by atoms with van der Waals surface area (Å²) in [7, 11) is 0. The summed E-state index contributed by atoms with van der Waals surface area (Å²) >= 11 is 11.4. The third kappa shape index (κ3) is 3.13. The summed E-state index contributed by atoms with van der Waals surface area (Å²) in [6.07, 6.45) is 0.841. The van der Waals surface area contributed by atoms with Crippen molar-refractivity contribution in [1.82, 2.24) is 5.43 Å². The van der Waals surface area contributed by atoms with Gasteiger partial charge < -0.3 is 0 Å². The number of hydrogen-bond donors (Lipinski definition) is 2. The third-order valence-corrected chi connectivity index (χ3v) is 5.24. The largest absolute Gasteiger partial charge is 0.271 e. The van der Waals surface area contributed by atoms with Crippen molar-refractivity contribution in [3.8, 4) is 0 Å². The van der Waals surface area contributed by atoms with Crippen molar-refractivity contribution in [1.29, 1.82) is 0 Å². The van der Waals surface area contributed by atoms with Crippen LogP contribution < -0.4 is 11.3 Å². The molecule has 3 N–H and O–H groups in total. The van der Waals surface area contributed by atoms with Crippen LogP contribution in [0.2, 0.25) is 5.02 Å². The second kappa shape index (κ2) is 6.17. The van der Waals surface area contributed by atoms with E-state index in [0.717, 1.165) is 27.0 Å². The molecule has 0 spiro atoms. The first kappa shape index (κ1) is 14.0. The molecule has 18 heavy (non-hydrogen) atoms. The van der Waals surface area contributed by atoms with Crippen LogP contribution in [0.25, 0.3) is 0 Å². The molecule has 0 aliphatic heterocycles. The molecule has 0 aliphatic carbocycles.